The van der Waals surface area contributed by atoms with Crippen molar-refractivity contribution in [2.24, 2.45) is 5.92 Å². The molecule has 1 aromatic rings. The summed E-state index contributed by atoms with van der Waals surface area (Å²) in [4.78, 5) is 12.0. The lowest BCUT2D eigenvalue weighted by molar-refractivity contribution is -0.128. The maximum atomic E-state index is 12.0. The molecule has 0 aromatic heterocycles. The van der Waals surface area contributed by atoms with E-state index >= 15 is 0 Å². The summed E-state index contributed by atoms with van der Waals surface area (Å²) in [5.41, 5.74) is 2.17. The largest absolute Gasteiger partial charge is 0.481 e. The number of carbonyl (C=O) groups is 1. The summed E-state index contributed by atoms with van der Waals surface area (Å²) in [6.45, 7) is 12.0. The quantitative estimate of drug-likeness (QED) is 0.885. The first-order valence-corrected chi connectivity index (χ1v) is 6.85. The summed E-state index contributed by atoms with van der Waals surface area (Å²) >= 11 is 0. The number of hydrogen-bond acceptors (Lipinski definition) is 2. The normalized spacial score (nSPS) is 14.1. The molecule has 1 aromatic carbocycles. The van der Waals surface area contributed by atoms with Gasteiger partial charge in [-0.1, -0.05) is 26.0 Å². The first-order chi connectivity index (χ1) is 8.81. The van der Waals surface area contributed by atoms with Crippen LogP contribution >= 0.6 is 0 Å². The summed E-state index contributed by atoms with van der Waals surface area (Å²) in [6, 6.07) is 6.15. The SMILES string of the molecule is Cc1ccc(C)c(OC(C)C(=O)NC(C)C(C)C)c1. The predicted molar refractivity (Wildman–Crippen MR) is 78.4 cm³/mol. The lowest BCUT2D eigenvalue weighted by Crippen LogP contribution is -2.43. The van der Waals surface area contributed by atoms with Crippen molar-refractivity contribution >= 4 is 5.91 Å². The zero-order chi connectivity index (χ0) is 14.6. The summed E-state index contributed by atoms with van der Waals surface area (Å²) in [5.74, 6) is 1.12. The Bertz CT molecular complexity index is 440. The third-order valence-corrected chi connectivity index (χ3v) is 3.39. The molecule has 3 heteroatoms. The molecule has 1 amide bonds. The molecular weight excluding hydrogens is 238 g/mol. The van der Waals surface area contributed by atoms with Crippen LogP contribution in [0.2, 0.25) is 0 Å². The van der Waals surface area contributed by atoms with Gasteiger partial charge in [-0.05, 0) is 50.8 Å². The van der Waals surface area contributed by atoms with E-state index in [2.05, 4.69) is 19.2 Å². The van der Waals surface area contributed by atoms with Crippen LogP contribution in [0.15, 0.2) is 18.2 Å². The summed E-state index contributed by atoms with van der Waals surface area (Å²) in [7, 11) is 0. The molecule has 1 rings (SSSR count). The summed E-state index contributed by atoms with van der Waals surface area (Å²) in [6.07, 6.45) is -0.485. The zero-order valence-electron chi connectivity index (χ0n) is 12.8. The van der Waals surface area contributed by atoms with Crippen molar-refractivity contribution in [3.63, 3.8) is 0 Å². The van der Waals surface area contributed by atoms with E-state index in [1.165, 1.54) is 0 Å². The molecule has 0 saturated carbocycles. The van der Waals surface area contributed by atoms with Crippen LogP contribution < -0.4 is 10.1 Å². The number of nitrogens with one attached hydrogen (secondary N) is 1. The third-order valence-electron chi connectivity index (χ3n) is 3.39. The van der Waals surface area contributed by atoms with E-state index in [-0.39, 0.29) is 11.9 Å². The Morgan fingerprint density at radius 3 is 2.37 bits per heavy atom. The van der Waals surface area contributed by atoms with Crippen LogP contribution in [0, 0.1) is 19.8 Å². The zero-order valence-corrected chi connectivity index (χ0v) is 12.8. The van der Waals surface area contributed by atoms with Gasteiger partial charge in [0, 0.05) is 6.04 Å². The first kappa shape index (κ1) is 15.5. The van der Waals surface area contributed by atoms with Crippen LogP contribution in [0.25, 0.3) is 0 Å². The fourth-order valence-electron chi connectivity index (χ4n) is 1.59. The second kappa shape index (κ2) is 6.60. The Balaban J connectivity index is 2.66. The Morgan fingerprint density at radius 2 is 1.79 bits per heavy atom. The summed E-state index contributed by atoms with van der Waals surface area (Å²) in [5, 5.41) is 2.97. The molecule has 2 atom stereocenters. The maximum Gasteiger partial charge on any atom is 0.260 e. The van der Waals surface area contributed by atoms with Crippen molar-refractivity contribution in [3.8, 4) is 5.75 Å². The van der Waals surface area contributed by atoms with Gasteiger partial charge in [0.2, 0.25) is 0 Å². The van der Waals surface area contributed by atoms with Gasteiger partial charge in [0.15, 0.2) is 6.10 Å². The van der Waals surface area contributed by atoms with Gasteiger partial charge in [0.25, 0.3) is 5.91 Å². The van der Waals surface area contributed by atoms with E-state index in [1.807, 2.05) is 39.0 Å². The highest BCUT2D eigenvalue weighted by Gasteiger charge is 2.18. The van der Waals surface area contributed by atoms with Gasteiger partial charge in [-0.15, -0.1) is 0 Å². The first-order valence-electron chi connectivity index (χ1n) is 6.85. The molecule has 0 bridgehead atoms. The topological polar surface area (TPSA) is 38.3 Å². The second-order valence-corrected chi connectivity index (χ2v) is 5.57. The molecule has 0 aliphatic heterocycles. The number of hydrogen-bond donors (Lipinski definition) is 1. The van der Waals surface area contributed by atoms with Crippen LogP contribution in [0.1, 0.15) is 38.8 Å². The van der Waals surface area contributed by atoms with E-state index < -0.39 is 6.10 Å². The number of ether oxygens (including phenoxy) is 1. The molecule has 0 radical (unpaired) electrons. The van der Waals surface area contributed by atoms with Crippen LogP contribution in [-0.2, 0) is 4.79 Å². The molecule has 1 N–H and O–H groups in total. The molecule has 2 unspecified atom stereocenters. The van der Waals surface area contributed by atoms with Gasteiger partial charge in [0.05, 0.1) is 0 Å². The van der Waals surface area contributed by atoms with Crippen molar-refractivity contribution in [2.45, 2.75) is 53.7 Å². The van der Waals surface area contributed by atoms with Gasteiger partial charge < -0.3 is 10.1 Å². The molecule has 106 valence electrons. The summed E-state index contributed by atoms with van der Waals surface area (Å²) < 4.78 is 5.76. The minimum atomic E-state index is -0.485. The van der Waals surface area contributed by atoms with E-state index in [1.54, 1.807) is 6.92 Å². The minimum absolute atomic E-state index is 0.0675. The molecule has 19 heavy (non-hydrogen) atoms. The monoisotopic (exact) mass is 263 g/mol. The third kappa shape index (κ3) is 4.58. The Hall–Kier alpha value is -1.51. The van der Waals surface area contributed by atoms with Gasteiger partial charge in [-0.25, -0.2) is 0 Å². The second-order valence-electron chi connectivity index (χ2n) is 5.57. The van der Waals surface area contributed by atoms with E-state index in [0.29, 0.717) is 5.92 Å². The molecule has 0 aliphatic carbocycles. The van der Waals surface area contributed by atoms with Crippen molar-refractivity contribution < 1.29 is 9.53 Å². The van der Waals surface area contributed by atoms with Crippen LogP contribution in [0.5, 0.6) is 5.75 Å². The minimum Gasteiger partial charge on any atom is -0.481 e. The van der Waals surface area contributed by atoms with Crippen molar-refractivity contribution in [1.29, 1.82) is 0 Å². The number of amides is 1. The fraction of sp³-hybridized carbons (Fsp3) is 0.562. The van der Waals surface area contributed by atoms with Crippen molar-refractivity contribution in [3.05, 3.63) is 29.3 Å². The highest BCUT2D eigenvalue weighted by atomic mass is 16.5. The Labute approximate surface area is 116 Å². The van der Waals surface area contributed by atoms with E-state index in [4.69, 9.17) is 4.74 Å². The lowest BCUT2D eigenvalue weighted by atomic mass is 10.1. The van der Waals surface area contributed by atoms with Gasteiger partial charge in [0.1, 0.15) is 5.75 Å². The fourth-order valence-corrected chi connectivity index (χ4v) is 1.59. The smallest absolute Gasteiger partial charge is 0.260 e. The maximum absolute atomic E-state index is 12.0. The van der Waals surface area contributed by atoms with E-state index in [0.717, 1.165) is 16.9 Å². The van der Waals surface area contributed by atoms with Gasteiger partial charge >= 0.3 is 0 Å². The predicted octanol–water partition coefficient (Wildman–Crippen LogP) is 3.23. The average molecular weight is 263 g/mol. The van der Waals surface area contributed by atoms with Crippen molar-refractivity contribution in [1.82, 2.24) is 5.32 Å². The number of carbonyl (C=O) groups excluding carboxylic acids is 1. The highest BCUT2D eigenvalue weighted by molar-refractivity contribution is 5.81. The average Bonchev–Trinajstić information content (AvgIpc) is 2.33. The number of benzene rings is 1. The molecule has 0 aliphatic rings. The molecule has 0 fully saturated rings. The van der Waals surface area contributed by atoms with Gasteiger partial charge in [-0.3, -0.25) is 4.79 Å². The number of aryl methyl sites for hydroxylation is 2. The van der Waals surface area contributed by atoms with Gasteiger partial charge in [-0.2, -0.15) is 0 Å². The Morgan fingerprint density at radius 1 is 1.16 bits per heavy atom. The van der Waals surface area contributed by atoms with Crippen molar-refractivity contribution in [2.75, 3.05) is 0 Å². The molecular formula is C16H25NO2. The van der Waals surface area contributed by atoms with Crippen LogP contribution in [0.3, 0.4) is 0 Å². The standard InChI is InChI=1S/C16H25NO2/c1-10(2)13(5)17-16(18)14(6)19-15-9-11(3)7-8-12(15)4/h7-10,13-14H,1-6H3,(H,17,18). The molecule has 0 saturated heterocycles. The lowest BCUT2D eigenvalue weighted by Gasteiger charge is -2.21. The molecule has 0 spiro atoms. The Kier molecular flexibility index (Phi) is 5.40. The van der Waals surface area contributed by atoms with Crippen LogP contribution in [0.4, 0.5) is 0 Å². The van der Waals surface area contributed by atoms with Crippen LogP contribution in [-0.4, -0.2) is 18.1 Å². The molecule has 3 nitrogen and oxygen atoms in total. The van der Waals surface area contributed by atoms with E-state index in [9.17, 15) is 4.79 Å². The highest BCUT2D eigenvalue weighted by Crippen LogP contribution is 2.20. The number of rotatable bonds is 5. The molecule has 0 heterocycles.